The van der Waals surface area contributed by atoms with Gasteiger partial charge in [0, 0.05) is 12.3 Å². The molecule has 1 amide bonds. The first-order valence-corrected chi connectivity index (χ1v) is 7.63. The predicted molar refractivity (Wildman–Crippen MR) is 87.0 cm³/mol. The molecule has 2 N–H and O–H groups in total. The van der Waals surface area contributed by atoms with E-state index in [1.807, 2.05) is 12.1 Å². The molecule has 3 aromatic rings. The monoisotopic (exact) mass is 325 g/mol. The zero-order chi connectivity index (χ0) is 16.5. The molecule has 1 unspecified atom stereocenters. The van der Waals surface area contributed by atoms with Crippen molar-refractivity contribution in [3.8, 4) is 5.69 Å². The van der Waals surface area contributed by atoms with Gasteiger partial charge in [0.1, 0.15) is 5.39 Å². The first kappa shape index (κ1) is 14.6. The zero-order valence-electron chi connectivity index (χ0n) is 12.7. The second-order valence-corrected chi connectivity index (χ2v) is 5.62. The fourth-order valence-electron chi connectivity index (χ4n) is 2.72. The summed E-state index contributed by atoms with van der Waals surface area (Å²) in [6, 6.07) is 7.22. The third-order valence-electron chi connectivity index (χ3n) is 4.05. The molecule has 0 aliphatic carbocycles. The topological polar surface area (TPSA) is 102 Å². The van der Waals surface area contributed by atoms with Crippen LogP contribution in [0.3, 0.4) is 0 Å². The maximum atomic E-state index is 12.1. The Hall–Kier alpha value is -3.00. The van der Waals surface area contributed by atoms with Crippen LogP contribution in [0.25, 0.3) is 16.7 Å². The van der Waals surface area contributed by atoms with Crippen LogP contribution in [0.2, 0.25) is 0 Å². The molecule has 24 heavy (non-hydrogen) atoms. The minimum Gasteiger partial charge on any atom is -0.381 e. The van der Waals surface area contributed by atoms with Crippen LogP contribution in [0.15, 0.2) is 41.6 Å². The first-order chi connectivity index (χ1) is 11.7. The summed E-state index contributed by atoms with van der Waals surface area (Å²) in [5.41, 5.74) is 1.72. The van der Waals surface area contributed by atoms with Crippen LogP contribution in [0.4, 0.5) is 5.69 Å². The number of amides is 1. The average Bonchev–Trinajstić information content (AvgIpc) is 3.26. The van der Waals surface area contributed by atoms with Crippen LogP contribution >= 0.6 is 0 Å². The van der Waals surface area contributed by atoms with Crippen molar-refractivity contribution < 1.29 is 9.53 Å². The summed E-state index contributed by atoms with van der Waals surface area (Å²) < 4.78 is 6.81. The average molecular weight is 325 g/mol. The molecule has 1 fully saturated rings. The van der Waals surface area contributed by atoms with Crippen molar-refractivity contribution in [3.05, 3.63) is 47.1 Å². The summed E-state index contributed by atoms with van der Waals surface area (Å²) in [6.07, 6.45) is 3.58. The maximum absolute atomic E-state index is 12.1. The third-order valence-corrected chi connectivity index (χ3v) is 4.05. The fraction of sp³-hybridized carbons (Fsp3) is 0.250. The minimum atomic E-state index is -0.228. The smallest absolute Gasteiger partial charge is 0.261 e. The number of rotatable bonds is 3. The lowest BCUT2D eigenvalue weighted by Crippen LogP contribution is -2.22. The van der Waals surface area contributed by atoms with Gasteiger partial charge < -0.3 is 15.0 Å². The van der Waals surface area contributed by atoms with Crippen LogP contribution in [0.5, 0.6) is 0 Å². The molecule has 0 saturated carbocycles. The maximum Gasteiger partial charge on any atom is 0.261 e. The molecule has 8 nitrogen and oxygen atoms in total. The molecule has 0 spiro atoms. The molecule has 0 bridgehead atoms. The van der Waals surface area contributed by atoms with E-state index in [0.717, 1.165) is 12.1 Å². The molecule has 2 aromatic heterocycles. The van der Waals surface area contributed by atoms with Crippen LogP contribution in [-0.4, -0.2) is 38.9 Å². The number of nitrogens with one attached hydrogen (secondary N) is 2. The van der Waals surface area contributed by atoms with Gasteiger partial charge >= 0.3 is 0 Å². The van der Waals surface area contributed by atoms with E-state index >= 15 is 0 Å². The lowest BCUT2D eigenvalue weighted by Gasteiger charge is -2.10. The van der Waals surface area contributed by atoms with Crippen molar-refractivity contribution in [3.63, 3.8) is 0 Å². The second kappa shape index (κ2) is 5.89. The summed E-state index contributed by atoms with van der Waals surface area (Å²) in [6.45, 7) is 1.11. The number of hydrogen-bond donors (Lipinski definition) is 2. The number of aromatic nitrogens is 4. The molecule has 4 rings (SSSR count). The van der Waals surface area contributed by atoms with Gasteiger partial charge in [-0.3, -0.25) is 9.59 Å². The van der Waals surface area contributed by atoms with E-state index in [1.54, 1.807) is 16.8 Å². The van der Waals surface area contributed by atoms with Crippen LogP contribution in [-0.2, 0) is 9.53 Å². The number of hydrogen-bond acceptors (Lipinski definition) is 5. The van der Waals surface area contributed by atoms with E-state index in [2.05, 4.69) is 20.4 Å². The zero-order valence-corrected chi connectivity index (χ0v) is 12.7. The molecular weight excluding hydrogens is 310 g/mol. The lowest BCUT2D eigenvalue weighted by atomic mass is 10.1. The molecular formula is C16H15N5O3. The number of benzene rings is 1. The van der Waals surface area contributed by atoms with Crippen LogP contribution < -0.4 is 10.9 Å². The van der Waals surface area contributed by atoms with Gasteiger partial charge in [-0.15, -0.1) is 0 Å². The number of aromatic amines is 1. The van der Waals surface area contributed by atoms with Gasteiger partial charge in [-0.25, -0.2) is 9.67 Å². The highest BCUT2D eigenvalue weighted by atomic mass is 16.5. The minimum absolute atomic E-state index is 0.0296. The number of carbonyl (C=O) groups is 1. The Morgan fingerprint density at radius 2 is 2.17 bits per heavy atom. The summed E-state index contributed by atoms with van der Waals surface area (Å²) >= 11 is 0. The number of ether oxygens (including phenoxy) is 1. The number of H-pyrrole nitrogens is 1. The quantitative estimate of drug-likeness (QED) is 0.750. The van der Waals surface area contributed by atoms with Crippen LogP contribution in [0, 0.1) is 5.92 Å². The number of anilines is 1. The third kappa shape index (κ3) is 2.56. The van der Waals surface area contributed by atoms with Crippen molar-refractivity contribution in [2.24, 2.45) is 5.92 Å². The molecule has 8 heteroatoms. The SMILES string of the molecule is O=C(Nc1ccc(-n2ncc3c(=O)[nH]cnc32)cc1)C1CCOC1. The molecule has 1 saturated heterocycles. The Bertz CT molecular complexity index is 938. The summed E-state index contributed by atoms with van der Waals surface area (Å²) in [7, 11) is 0. The molecule has 3 heterocycles. The van der Waals surface area contributed by atoms with E-state index in [4.69, 9.17) is 4.74 Å². The largest absolute Gasteiger partial charge is 0.381 e. The van der Waals surface area contributed by atoms with Crippen molar-refractivity contribution in [1.82, 2.24) is 19.7 Å². The van der Waals surface area contributed by atoms with Gasteiger partial charge in [-0.1, -0.05) is 0 Å². The standard InChI is InChI=1S/C16H15N5O3/c22-15(10-5-6-24-8-10)20-11-1-3-12(4-2-11)21-14-13(7-19-21)16(23)18-9-17-14/h1-4,7,9-10H,5-6,8H2,(H,20,22)(H,17,18,23). The van der Waals surface area contributed by atoms with Crippen LogP contribution in [0.1, 0.15) is 6.42 Å². The van der Waals surface area contributed by atoms with E-state index in [0.29, 0.717) is 29.9 Å². The van der Waals surface area contributed by atoms with Gasteiger partial charge in [0.2, 0.25) is 5.91 Å². The Balaban J connectivity index is 1.58. The predicted octanol–water partition coefficient (Wildman–Crippen LogP) is 1.08. The fourth-order valence-corrected chi connectivity index (χ4v) is 2.72. The summed E-state index contributed by atoms with van der Waals surface area (Å²) in [4.78, 5) is 30.5. The number of fused-ring (bicyclic) bond motifs is 1. The molecule has 0 radical (unpaired) electrons. The highest BCUT2D eigenvalue weighted by molar-refractivity contribution is 5.92. The van der Waals surface area contributed by atoms with Crippen molar-refractivity contribution in [2.75, 3.05) is 18.5 Å². The second-order valence-electron chi connectivity index (χ2n) is 5.62. The lowest BCUT2D eigenvalue weighted by molar-refractivity contribution is -0.119. The van der Waals surface area contributed by atoms with E-state index < -0.39 is 0 Å². The molecule has 1 aliphatic rings. The highest BCUT2D eigenvalue weighted by Gasteiger charge is 2.23. The number of nitrogens with zero attached hydrogens (tertiary/aromatic N) is 3. The normalized spacial score (nSPS) is 17.2. The van der Waals surface area contributed by atoms with E-state index in [1.165, 1.54) is 12.5 Å². The van der Waals surface area contributed by atoms with Crippen molar-refractivity contribution >= 4 is 22.6 Å². The van der Waals surface area contributed by atoms with Gasteiger partial charge in [0.05, 0.1) is 30.7 Å². The Morgan fingerprint density at radius 3 is 2.92 bits per heavy atom. The van der Waals surface area contributed by atoms with Gasteiger partial charge in [-0.05, 0) is 30.7 Å². The first-order valence-electron chi connectivity index (χ1n) is 7.63. The van der Waals surface area contributed by atoms with Gasteiger partial charge in [0.25, 0.3) is 5.56 Å². The van der Waals surface area contributed by atoms with E-state index in [-0.39, 0.29) is 17.4 Å². The molecule has 122 valence electrons. The van der Waals surface area contributed by atoms with E-state index in [9.17, 15) is 9.59 Å². The molecule has 1 aliphatic heterocycles. The summed E-state index contributed by atoms with van der Waals surface area (Å²) in [5.74, 6) is -0.117. The van der Waals surface area contributed by atoms with Crippen molar-refractivity contribution in [1.29, 1.82) is 0 Å². The number of carbonyl (C=O) groups excluding carboxylic acids is 1. The molecule has 1 aromatic carbocycles. The van der Waals surface area contributed by atoms with Crippen molar-refractivity contribution in [2.45, 2.75) is 6.42 Å². The Labute approximate surface area is 136 Å². The van der Waals surface area contributed by atoms with Gasteiger partial charge in [0.15, 0.2) is 5.65 Å². The van der Waals surface area contributed by atoms with Gasteiger partial charge in [-0.2, -0.15) is 5.10 Å². The highest BCUT2D eigenvalue weighted by Crippen LogP contribution is 2.19. The Morgan fingerprint density at radius 1 is 1.33 bits per heavy atom. The summed E-state index contributed by atoms with van der Waals surface area (Å²) in [5, 5.41) is 7.52. The Kier molecular flexibility index (Phi) is 3.58. The molecule has 1 atom stereocenters.